The number of anilines is 2. The van der Waals surface area contributed by atoms with Gasteiger partial charge < -0.3 is 14.5 Å². The van der Waals surface area contributed by atoms with Gasteiger partial charge >= 0.3 is 16.2 Å². The van der Waals surface area contributed by atoms with E-state index in [-0.39, 0.29) is 17.5 Å². The largest absolute Gasteiger partial charge is 0.415 e. The molecular weight excluding hydrogens is 476 g/mol. The van der Waals surface area contributed by atoms with Crippen LogP contribution in [0.15, 0.2) is 36.5 Å². The summed E-state index contributed by atoms with van der Waals surface area (Å²) in [6.45, 7) is 7.58. The minimum Gasteiger partial charge on any atom is -0.409 e. The molecule has 2 atom stereocenters. The molecule has 0 bridgehead atoms. The number of nitrogens with zero attached hydrogens (tertiary/aromatic N) is 5. The van der Waals surface area contributed by atoms with Crippen molar-refractivity contribution in [3.63, 3.8) is 0 Å². The predicted octanol–water partition coefficient (Wildman–Crippen LogP) is 1.24. The summed E-state index contributed by atoms with van der Waals surface area (Å²) in [6.07, 6.45) is 0.697. The number of carbonyl (C=O) groups excluding carboxylic acids is 2. The molecule has 4 heterocycles. The van der Waals surface area contributed by atoms with Crippen molar-refractivity contribution in [3.05, 3.63) is 42.2 Å². The minimum absolute atomic E-state index is 0.00680. The van der Waals surface area contributed by atoms with Gasteiger partial charge in [-0.1, -0.05) is 19.9 Å². The zero-order valence-electron chi connectivity index (χ0n) is 19.7. The third kappa shape index (κ3) is 5.36. The Morgan fingerprint density at radius 3 is 2.43 bits per heavy atom. The summed E-state index contributed by atoms with van der Waals surface area (Å²) in [6, 6.07) is 7.80. The summed E-state index contributed by atoms with van der Waals surface area (Å²) in [5.74, 6) is 0.281. The van der Waals surface area contributed by atoms with Crippen LogP contribution in [-0.2, 0) is 14.9 Å². The highest BCUT2D eigenvalue weighted by atomic mass is 32.2. The fourth-order valence-corrected chi connectivity index (χ4v) is 4.86. The van der Waals surface area contributed by atoms with Crippen molar-refractivity contribution in [2.45, 2.75) is 32.3 Å². The van der Waals surface area contributed by atoms with Gasteiger partial charge in [-0.25, -0.2) is 14.8 Å². The van der Waals surface area contributed by atoms with Crippen LogP contribution >= 0.6 is 0 Å². The number of hydrogen-bond donors (Lipinski definition) is 2. The molecule has 12 nitrogen and oxygen atoms in total. The molecule has 0 spiro atoms. The number of aromatic nitrogens is 2. The number of hydrogen-bond acceptors (Lipinski definition) is 9. The molecule has 188 valence electrons. The van der Waals surface area contributed by atoms with Crippen LogP contribution in [0.2, 0.25) is 0 Å². The summed E-state index contributed by atoms with van der Waals surface area (Å²) < 4.78 is 38.7. The molecule has 2 fully saturated rings. The fourth-order valence-electron chi connectivity index (χ4n) is 4.06. The zero-order valence-corrected chi connectivity index (χ0v) is 20.5. The van der Waals surface area contributed by atoms with Crippen molar-refractivity contribution in [3.8, 4) is 5.75 Å². The van der Waals surface area contributed by atoms with Gasteiger partial charge in [-0.2, -0.15) is 8.42 Å². The maximum atomic E-state index is 12.8. The van der Waals surface area contributed by atoms with Gasteiger partial charge in [-0.05, 0) is 37.1 Å². The number of nitrogens with one attached hydrogen (secondary N) is 1. The van der Waals surface area contributed by atoms with Crippen LogP contribution < -0.4 is 19.9 Å². The lowest BCUT2D eigenvalue weighted by Gasteiger charge is -2.34. The van der Waals surface area contributed by atoms with Gasteiger partial charge in [-0.15, -0.1) is 0 Å². The van der Waals surface area contributed by atoms with Crippen LogP contribution in [0.25, 0.3) is 0 Å². The number of amides is 2. The lowest BCUT2D eigenvalue weighted by atomic mass is 10.1. The predicted molar refractivity (Wildman–Crippen MR) is 128 cm³/mol. The maximum Gasteiger partial charge on any atom is 0.415 e. The molecule has 0 saturated carbocycles. The van der Waals surface area contributed by atoms with Crippen molar-refractivity contribution >= 4 is 33.8 Å². The van der Waals surface area contributed by atoms with Crippen molar-refractivity contribution in [1.29, 1.82) is 0 Å². The molecule has 0 aliphatic carbocycles. The molecule has 35 heavy (non-hydrogen) atoms. The highest BCUT2D eigenvalue weighted by molar-refractivity contribution is 7.86. The van der Waals surface area contributed by atoms with E-state index in [0.717, 1.165) is 16.4 Å². The normalized spacial score (nSPS) is 21.1. The van der Waals surface area contributed by atoms with Gasteiger partial charge in [0.2, 0.25) is 11.4 Å². The van der Waals surface area contributed by atoms with Gasteiger partial charge in [-0.3, -0.25) is 19.6 Å². The molecule has 2 aromatic heterocycles. The second kappa shape index (κ2) is 9.76. The number of pyridine rings is 2. The van der Waals surface area contributed by atoms with Crippen molar-refractivity contribution in [2.24, 2.45) is 5.92 Å². The third-order valence-electron chi connectivity index (χ3n) is 5.92. The van der Waals surface area contributed by atoms with E-state index in [1.54, 1.807) is 18.7 Å². The number of carbonyl (C=O) groups is 2. The lowest BCUT2D eigenvalue weighted by Crippen LogP contribution is -2.49. The second-order valence-electron chi connectivity index (χ2n) is 8.80. The Kier molecular flexibility index (Phi) is 6.92. The summed E-state index contributed by atoms with van der Waals surface area (Å²) in [7, 11) is -4.62. The van der Waals surface area contributed by atoms with E-state index in [9.17, 15) is 22.6 Å². The standard InChI is InChI=1S/C22H28N6O6S/c1-14(2)19-20(29)28(21(25-19)35(31,32)33)17-8-7-16(13-23-17)34-22(30)27-11-9-26(10-12-27)18-6-4-5-15(3)24-18/h4-8,13-14,19,21,25H,9-12H2,1-3H3,(H,31,32,33). The van der Waals surface area contributed by atoms with E-state index in [2.05, 4.69) is 20.2 Å². The average molecular weight is 505 g/mol. The van der Waals surface area contributed by atoms with Crippen molar-refractivity contribution in [1.82, 2.24) is 20.2 Å². The number of aryl methyl sites for hydroxylation is 1. The molecule has 4 rings (SSSR count). The van der Waals surface area contributed by atoms with E-state index in [1.807, 2.05) is 25.1 Å². The first-order valence-corrected chi connectivity index (χ1v) is 12.7. The molecule has 2 amide bonds. The van der Waals surface area contributed by atoms with Crippen LogP contribution in [-0.4, -0.2) is 77.6 Å². The summed E-state index contributed by atoms with van der Waals surface area (Å²) >= 11 is 0. The lowest BCUT2D eigenvalue weighted by molar-refractivity contribution is -0.119. The number of piperazine rings is 1. The van der Waals surface area contributed by atoms with E-state index >= 15 is 0 Å². The molecular formula is C22H28N6O6S. The molecule has 2 unspecified atom stereocenters. The van der Waals surface area contributed by atoms with Crippen LogP contribution in [0.1, 0.15) is 19.5 Å². The number of rotatable bonds is 5. The molecule has 13 heteroatoms. The summed E-state index contributed by atoms with van der Waals surface area (Å²) in [5, 5.41) is 2.63. The third-order valence-corrected chi connectivity index (χ3v) is 6.83. The minimum atomic E-state index is -4.62. The smallest absolute Gasteiger partial charge is 0.409 e. The Hall–Kier alpha value is -3.29. The average Bonchev–Trinajstić information content (AvgIpc) is 3.17. The Bertz CT molecular complexity index is 1200. The zero-order chi connectivity index (χ0) is 25.3. The second-order valence-corrected chi connectivity index (χ2v) is 10.3. The summed E-state index contributed by atoms with van der Waals surface area (Å²) in [4.78, 5) is 38.6. The fraction of sp³-hybridized carbons (Fsp3) is 0.455. The quantitative estimate of drug-likeness (QED) is 0.570. The van der Waals surface area contributed by atoms with Gasteiger partial charge in [0.1, 0.15) is 11.6 Å². The molecule has 2 N–H and O–H groups in total. The Labute approximate surface area is 203 Å². The van der Waals surface area contributed by atoms with E-state index in [0.29, 0.717) is 26.2 Å². The summed E-state index contributed by atoms with van der Waals surface area (Å²) in [5.41, 5.74) is -0.725. The first kappa shape index (κ1) is 24.8. The van der Waals surface area contributed by atoms with Gasteiger partial charge in [0.15, 0.2) is 5.75 Å². The van der Waals surface area contributed by atoms with E-state index < -0.39 is 33.7 Å². The van der Waals surface area contributed by atoms with Gasteiger partial charge in [0.25, 0.3) is 0 Å². The van der Waals surface area contributed by atoms with Crippen molar-refractivity contribution < 1.29 is 27.3 Å². The van der Waals surface area contributed by atoms with Gasteiger partial charge in [0.05, 0.1) is 12.2 Å². The number of ether oxygens (including phenoxy) is 1. The Balaban J connectivity index is 1.39. The van der Waals surface area contributed by atoms with Gasteiger partial charge in [0, 0.05) is 31.9 Å². The Morgan fingerprint density at radius 1 is 1.14 bits per heavy atom. The van der Waals surface area contributed by atoms with E-state index in [1.165, 1.54) is 18.3 Å². The van der Waals surface area contributed by atoms with E-state index in [4.69, 9.17) is 4.74 Å². The topological polar surface area (TPSA) is 145 Å². The monoisotopic (exact) mass is 504 g/mol. The first-order chi connectivity index (χ1) is 16.5. The Morgan fingerprint density at radius 2 is 1.86 bits per heavy atom. The van der Waals surface area contributed by atoms with Crippen LogP contribution in [0.5, 0.6) is 5.75 Å². The molecule has 2 aliphatic rings. The van der Waals surface area contributed by atoms with Crippen LogP contribution in [0.4, 0.5) is 16.4 Å². The molecule has 0 radical (unpaired) electrons. The molecule has 2 aromatic rings. The van der Waals surface area contributed by atoms with Crippen LogP contribution in [0.3, 0.4) is 0 Å². The SMILES string of the molecule is Cc1cccc(N2CCN(C(=O)Oc3ccc(N4C(=O)C(C(C)C)NC4S(=O)(=O)O)nc3)CC2)n1. The highest BCUT2D eigenvalue weighted by Crippen LogP contribution is 2.27. The van der Waals surface area contributed by atoms with Crippen LogP contribution in [0, 0.1) is 12.8 Å². The van der Waals surface area contributed by atoms with Crippen molar-refractivity contribution in [2.75, 3.05) is 36.0 Å². The molecule has 2 aliphatic heterocycles. The molecule has 0 aromatic carbocycles. The maximum absolute atomic E-state index is 12.8. The molecule has 2 saturated heterocycles. The highest BCUT2D eigenvalue weighted by Gasteiger charge is 2.47. The first-order valence-electron chi connectivity index (χ1n) is 11.2.